The van der Waals surface area contributed by atoms with Gasteiger partial charge in [-0.2, -0.15) is 0 Å². The van der Waals surface area contributed by atoms with Gasteiger partial charge in [-0.15, -0.1) is 0 Å². The first-order chi connectivity index (χ1) is 21.4. The molecule has 4 atom stereocenters. The number of hydrogen-bond acceptors (Lipinski definition) is 6. The Morgan fingerprint density at radius 2 is 1.44 bits per heavy atom. The lowest BCUT2D eigenvalue weighted by atomic mass is 9.61. The van der Waals surface area contributed by atoms with Crippen LogP contribution >= 0.6 is 0 Å². The lowest BCUT2D eigenvalue weighted by molar-refractivity contribution is -0.150. The number of aryl methyl sites for hydroxylation is 4. The van der Waals surface area contributed by atoms with Gasteiger partial charge in [0, 0.05) is 23.7 Å². The number of benzene rings is 3. The number of anilines is 2. The van der Waals surface area contributed by atoms with E-state index >= 15 is 0 Å². The SMILES string of the molecule is CCCCOc1ccc(C2C(C(=O)Nc3ccc(C)cc3C)C(=O)CC(C)(O)C2C(=O)Nc2ccc(C)cc2C)cc1OCC. The molecule has 0 aliphatic heterocycles. The van der Waals surface area contributed by atoms with E-state index in [2.05, 4.69) is 17.6 Å². The Labute approximate surface area is 266 Å². The largest absolute Gasteiger partial charge is 0.490 e. The van der Waals surface area contributed by atoms with Crippen molar-refractivity contribution in [2.75, 3.05) is 23.8 Å². The van der Waals surface area contributed by atoms with Crippen LogP contribution in [-0.2, 0) is 14.4 Å². The van der Waals surface area contributed by atoms with E-state index in [9.17, 15) is 19.5 Å². The van der Waals surface area contributed by atoms with Crippen LogP contribution in [0.2, 0.25) is 0 Å². The van der Waals surface area contributed by atoms with E-state index in [0.717, 1.165) is 35.1 Å². The van der Waals surface area contributed by atoms with Crippen LogP contribution in [0.4, 0.5) is 11.4 Å². The van der Waals surface area contributed by atoms with Crippen LogP contribution in [0.1, 0.15) is 73.8 Å². The Hall–Kier alpha value is -4.17. The normalized spacial score (nSPS) is 21.2. The number of amides is 2. The molecule has 0 spiro atoms. The van der Waals surface area contributed by atoms with Crippen molar-refractivity contribution in [2.24, 2.45) is 11.8 Å². The van der Waals surface area contributed by atoms with Crippen LogP contribution in [-0.4, -0.2) is 41.5 Å². The maximum absolute atomic E-state index is 14.2. The van der Waals surface area contributed by atoms with Gasteiger partial charge in [0.2, 0.25) is 11.8 Å². The van der Waals surface area contributed by atoms with E-state index in [-0.39, 0.29) is 6.42 Å². The van der Waals surface area contributed by atoms with Gasteiger partial charge in [0.25, 0.3) is 0 Å². The van der Waals surface area contributed by atoms with Gasteiger partial charge < -0.3 is 25.2 Å². The third-order valence-electron chi connectivity index (χ3n) is 8.52. The molecule has 0 aromatic heterocycles. The molecule has 3 N–H and O–H groups in total. The third-order valence-corrected chi connectivity index (χ3v) is 8.52. The lowest BCUT2D eigenvalue weighted by Gasteiger charge is -2.44. The summed E-state index contributed by atoms with van der Waals surface area (Å²) in [5, 5.41) is 17.7. The molecular weight excluding hydrogens is 568 g/mol. The van der Waals surface area contributed by atoms with Crippen LogP contribution in [0.5, 0.6) is 11.5 Å². The molecule has 8 heteroatoms. The standard InChI is InChI=1S/C37H46N2O6/c1-8-10-17-45-30-16-13-26(20-31(30)44-9-2)32-33(35(41)38-27-14-11-22(3)18-24(27)5)29(40)21-37(7,43)34(32)36(42)39-28-15-12-23(4)19-25(28)6/h11-16,18-20,32-34,43H,8-10,17,21H2,1-7H3,(H,38,41)(H,39,42). The predicted octanol–water partition coefficient (Wildman–Crippen LogP) is 6.82. The molecule has 3 aromatic carbocycles. The van der Waals surface area contributed by atoms with Crippen molar-refractivity contribution >= 4 is 29.0 Å². The molecule has 1 aliphatic carbocycles. The average Bonchev–Trinajstić information content (AvgIpc) is 2.96. The van der Waals surface area contributed by atoms with Crippen molar-refractivity contribution in [3.8, 4) is 11.5 Å². The van der Waals surface area contributed by atoms with Crippen LogP contribution in [0.25, 0.3) is 0 Å². The highest BCUT2D eigenvalue weighted by Crippen LogP contribution is 2.48. The summed E-state index contributed by atoms with van der Waals surface area (Å²) < 4.78 is 11.9. The number of aliphatic hydroxyl groups is 1. The van der Waals surface area contributed by atoms with Gasteiger partial charge in [0.15, 0.2) is 11.5 Å². The Balaban J connectivity index is 1.83. The van der Waals surface area contributed by atoms with E-state index < -0.39 is 41.0 Å². The van der Waals surface area contributed by atoms with E-state index in [1.807, 2.05) is 65.0 Å². The molecule has 8 nitrogen and oxygen atoms in total. The second kappa shape index (κ2) is 14.3. The zero-order chi connectivity index (χ0) is 32.9. The Morgan fingerprint density at radius 1 is 0.844 bits per heavy atom. The number of carbonyl (C=O) groups excluding carboxylic acids is 3. The molecule has 0 bridgehead atoms. The van der Waals surface area contributed by atoms with Crippen molar-refractivity contribution in [3.63, 3.8) is 0 Å². The van der Waals surface area contributed by atoms with Crippen molar-refractivity contribution in [1.29, 1.82) is 0 Å². The lowest BCUT2D eigenvalue weighted by Crippen LogP contribution is -2.56. The molecule has 4 rings (SSSR count). The van der Waals surface area contributed by atoms with Gasteiger partial charge in [-0.3, -0.25) is 14.4 Å². The molecule has 45 heavy (non-hydrogen) atoms. The third kappa shape index (κ3) is 7.74. The first kappa shape index (κ1) is 33.7. The number of ketones is 1. The zero-order valence-electron chi connectivity index (χ0n) is 27.5. The monoisotopic (exact) mass is 614 g/mol. The summed E-state index contributed by atoms with van der Waals surface area (Å²) in [6, 6.07) is 16.6. The van der Waals surface area contributed by atoms with Crippen molar-refractivity contribution in [2.45, 2.75) is 79.2 Å². The van der Waals surface area contributed by atoms with E-state index in [0.29, 0.717) is 41.7 Å². The smallest absolute Gasteiger partial charge is 0.235 e. The van der Waals surface area contributed by atoms with Crippen molar-refractivity contribution < 1.29 is 29.0 Å². The molecule has 1 fully saturated rings. The number of ether oxygens (including phenoxy) is 2. The van der Waals surface area contributed by atoms with Crippen LogP contribution < -0.4 is 20.1 Å². The van der Waals surface area contributed by atoms with Crippen LogP contribution in [0, 0.1) is 39.5 Å². The van der Waals surface area contributed by atoms with E-state index in [1.165, 1.54) is 6.92 Å². The fraction of sp³-hybridized carbons (Fsp3) is 0.432. The summed E-state index contributed by atoms with van der Waals surface area (Å²) in [6.07, 6.45) is 1.49. The molecule has 4 unspecified atom stereocenters. The summed E-state index contributed by atoms with van der Waals surface area (Å²) in [5.41, 5.74) is 3.78. The number of hydrogen-bond donors (Lipinski definition) is 3. The van der Waals surface area contributed by atoms with Gasteiger partial charge in [-0.25, -0.2) is 0 Å². The summed E-state index contributed by atoms with van der Waals surface area (Å²) in [7, 11) is 0. The van der Waals surface area contributed by atoms with Crippen molar-refractivity contribution in [3.05, 3.63) is 82.4 Å². The Kier molecular flexibility index (Phi) is 10.7. The van der Waals surface area contributed by atoms with Crippen LogP contribution in [0.3, 0.4) is 0 Å². The Morgan fingerprint density at radius 3 is 2.00 bits per heavy atom. The summed E-state index contributed by atoms with van der Waals surface area (Å²) >= 11 is 0. The molecule has 2 amide bonds. The molecule has 240 valence electrons. The molecule has 0 radical (unpaired) electrons. The number of unbranched alkanes of at least 4 members (excludes halogenated alkanes) is 1. The van der Waals surface area contributed by atoms with Gasteiger partial charge in [0.05, 0.1) is 24.7 Å². The number of Topliss-reactive ketones (excluding diaryl/α,β-unsaturated/α-hetero) is 1. The molecule has 1 aliphatic rings. The second-order valence-electron chi connectivity index (χ2n) is 12.4. The summed E-state index contributed by atoms with van der Waals surface area (Å²) in [4.78, 5) is 42.1. The number of rotatable bonds is 11. The minimum absolute atomic E-state index is 0.351. The van der Waals surface area contributed by atoms with Crippen molar-refractivity contribution in [1.82, 2.24) is 0 Å². The minimum atomic E-state index is -1.73. The number of nitrogens with one attached hydrogen (secondary N) is 2. The quantitative estimate of drug-likeness (QED) is 0.161. The number of carbonyl (C=O) groups is 3. The van der Waals surface area contributed by atoms with Gasteiger partial charge >= 0.3 is 0 Å². The summed E-state index contributed by atoms with van der Waals surface area (Å²) in [5.74, 6) is -3.85. The maximum Gasteiger partial charge on any atom is 0.235 e. The predicted molar refractivity (Wildman–Crippen MR) is 177 cm³/mol. The summed E-state index contributed by atoms with van der Waals surface area (Å²) in [6.45, 7) is 14.0. The minimum Gasteiger partial charge on any atom is -0.490 e. The highest BCUT2D eigenvalue weighted by Gasteiger charge is 2.56. The fourth-order valence-corrected chi connectivity index (χ4v) is 6.27. The average molecular weight is 615 g/mol. The Bertz CT molecular complexity index is 1560. The fourth-order valence-electron chi connectivity index (χ4n) is 6.27. The van der Waals surface area contributed by atoms with E-state index in [4.69, 9.17) is 9.47 Å². The van der Waals surface area contributed by atoms with Gasteiger partial charge in [-0.1, -0.05) is 54.8 Å². The molecular formula is C37H46N2O6. The van der Waals surface area contributed by atoms with Crippen LogP contribution in [0.15, 0.2) is 54.6 Å². The molecule has 3 aromatic rings. The molecule has 0 heterocycles. The van der Waals surface area contributed by atoms with Gasteiger partial charge in [-0.05, 0) is 88.9 Å². The molecule has 0 saturated heterocycles. The topological polar surface area (TPSA) is 114 Å². The van der Waals surface area contributed by atoms with E-state index in [1.54, 1.807) is 24.3 Å². The molecule has 1 saturated carbocycles. The first-order valence-electron chi connectivity index (χ1n) is 15.8. The van der Waals surface area contributed by atoms with Gasteiger partial charge in [0.1, 0.15) is 11.7 Å². The zero-order valence-corrected chi connectivity index (χ0v) is 27.5. The maximum atomic E-state index is 14.2. The first-order valence-corrected chi connectivity index (χ1v) is 15.8. The highest BCUT2D eigenvalue weighted by atomic mass is 16.5. The highest BCUT2D eigenvalue weighted by molar-refractivity contribution is 6.10. The second-order valence-corrected chi connectivity index (χ2v) is 12.4.